The van der Waals surface area contributed by atoms with Crippen molar-refractivity contribution in [2.24, 2.45) is 5.41 Å². The molecule has 0 fully saturated rings. The number of methoxy groups -OCH3 is 1. The Morgan fingerprint density at radius 3 is 2.59 bits per heavy atom. The summed E-state index contributed by atoms with van der Waals surface area (Å²) in [6, 6.07) is 3.48. The monoisotopic (exact) mass is 275 g/mol. The first-order valence-electron chi connectivity index (χ1n) is 5.40. The van der Waals surface area contributed by atoms with Gasteiger partial charge in [0.2, 0.25) is 0 Å². The second-order valence-electron chi connectivity index (χ2n) is 4.91. The fourth-order valence-electron chi connectivity index (χ4n) is 1.51. The maximum Gasteiger partial charge on any atom is 0.323 e. The largest absolute Gasteiger partial charge is 0.468 e. The highest BCUT2D eigenvalue weighted by atomic mass is 35.5. The van der Waals surface area contributed by atoms with E-state index in [1.807, 2.05) is 32.9 Å². The van der Waals surface area contributed by atoms with Gasteiger partial charge >= 0.3 is 5.97 Å². The highest BCUT2D eigenvalue weighted by Crippen LogP contribution is 2.24. The van der Waals surface area contributed by atoms with E-state index in [9.17, 15) is 4.79 Å². The number of rotatable bonds is 4. The van der Waals surface area contributed by atoms with Gasteiger partial charge in [0.1, 0.15) is 6.04 Å². The molecule has 0 amide bonds. The van der Waals surface area contributed by atoms with E-state index in [2.05, 4.69) is 5.32 Å². The molecule has 0 saturated heterocycles. The van der Waals surface area contributed by atoms with Crippen molar-refractivity contribution in [1.29, 1.82) is 0 Å². The molecule has 1 N–H and O–H groups in total. The summed E-state index contributed by atoms with van der Waals surface area (Å²) in [5.74, 6) is -0.236. The third-order valence-corrected chi connectivity index (χ3v) is 3.64. The van der Waals surface area contributed by atoms with Gasteiger partial charge in [0.05, 0.1) is 11.4 Å². The van der Waals surface area contributed by atoms with Crippen LogP contribution < -0.4 is 5.32 Å². The maximum absolute atomic E-state index is 11.7. The smallest absolute Gasteiger partial charge is 0.323 e. The fraction of sp³-hybridized carbons (Fsp3) is 0.583. The molecule has 1 heterocycles. The molecular weight excluding hydrogens is 258 g/mol. The molecule has 1 rings (SSSR count). The normalized spacial score (nSPS) is 13.5. The van der Waals surface area contributed by atoms with E-state index in [1.54, 1.807) is 0 Å². The van der Waals surface area contributed by atoms with Crippen LogP contribution in [0.4, 0.5) is 0 Å². The van der Waals surface area contributed by atoms with E-state index < -0.39 is 0 Å². The SMILES string of the molecule is COC(=O)[C@@H](NCc1ccc(Cl)s1)C(C)(C)C. The Morgan fingerprint density at radius 2 is 2.18 bits per heavy atom. The molecule has 1 aromatic heterocycles. The van der Waals surface area contributed by atoms with Crippen molar-refractivity contribution in [3.63, 3.8) is 0 Å². The van der Waals surface area contributed by atoms with Gasteiger partial charge in [-0.05, 0) is 17.5 Å². The molecule has 0 saturated carbocycles. The zero-order valence-electron chi connectivity index (χ0n) is 10.5. The molecule has 3 nitrogen and oxygen atoms in total. The van der Waals surface area contributed by atoms with Crippen molar-refractivity contribution in [3.05, 3.63) is 21.3 Å². The lowest BCUT2D eigenvalue weighted by Crippen LogP contribution is -2.46. The minimum atomic E-state index is -0.326. The van der Waals surface area contributed by atoms with E-state index in [0.717, 1.165) is 9.21 Å². The number of ether oxygens (including phenoxy) is 1. The van der Waals surface area contributed by atoms with Crippen molar-refractivity contribution in [1.82, 2.24) is 5.32 Å². The first-order chi connectivity index (χ1) is 7.84. The summed E-state index contributed by atoms with van der Waals surface area (Å²) in [7, 11) is 1.41. The zero-order chi connectivity index (χ0) is 13.1. The summed E-state index contributed by atoms with van der Waals surface area (Å²) in [5.41, 5.74) is -0.186. The molecule has 0 aliphatic rings. The van der Waals surface area contributed by atoms with Crippen LogP contribution in [-0.2, 0) is 16.1 Å². The van der Waals surface area contributed by atoms with Gasteiger partial charge in [-0.25, -0.2) is 0 Å². The Hall–Kier alpha value is -0.580. The Bertz CT molecular complexity index is 384. The first kappa shape index (κ1) is 14.5. The van der Waals surface area contributed by atoms with E-state index in [4.69, 9.17) is 16.3 Å². The molecule has 1 aromatic rings. The Morgan fingerprint density at radius 1 is 1.53 bits per heavy atom. The van der Waals surface area contributed by atoms with E-state index in [0.29, 0.717) is 6.54 Å². The zero-order valence-corrected chi connectivity index (χ0v) is 12.1. The number of hydrogen-bond donors (Lipinski definition) is 1. The molecular formula is C12H18ClNO2S. The fourth-order valence-corrected chi connectivity index (χ4v) is 2.55. The lowest BCUT2D eigenvalue weighted by atomic mass is 9.87. The van der Waals surface area contributed by atoms with Crippen LogP contribution in [0.3, 0.4) is 0 Å². The van der Waals surface area contributed by atoms with Crippen LogP contribution in [0.2, 0.25) is 4.34 Å². The first-order valence-corrected chi connectivity index (χ1v) is 6.59. The highest BCUT2D eigenvalue weighted by molar-refractivity contribution is 7.16. The number of hydrogen-bond acceptors (Lipinski definition) is 4. The average molecular weight is 276 g/mol. The summed E-state index contributed by atoms with van der Waals surface area (Å²) >= 11 is 7.37. The molecule has 0 spiro atoms. The molecule has 0 aliphatic heterocycles. The Labute approximate surface area is 111 Å². The number of nitrogens with one attached hydrogen (secondary N) is 1. The number of carbonyl (C=O) groups is 1. The summed E-state index contributed by atoms with van der Waals surface area (Å²) in [4.78, 5) is 12.8. The van der Waals surface area contributed by atoms with Crippen molar-refractivity contribution in [2.75, 3.05) is 7.11 Å². The molecule has 0 aliphatic carbocycles. The lowest BCUT2D eigenvalue weighted by molar-refractivity contribution is -0.146. The minimum Gasteiger partial charge on any atom is -0.468 e. The standard InChI is InChI=1S/C12H18ClNO2S/c1-12(2,3)10(11(15)16-4)14-7-8-5-6-9(13)17-8/h5-6,10,14H,7H2,1-4H3/t10-/m1/s1. The summed E-state index contributed by atoms with van der Waals surface area (Å²) in [5, 5.41) is 3.22. The quantitative estimate of drug-likeness (QED) is 0.858. The van der Waals surface area contributed by atoms with Crippen LogP contribution >= 0.6 is 22.9 Å². The van der Waals surface area contributed by atoms with Crippen LogP contribution in [0, 0.1) is 5.41 Å². The summed E-state index contributed by atoms with van der Waals surface area (Å²) in [6.07, 6.45) is 0. The van der Waals surface area contributed by atoms with Gasteiger partial charge in [-0.1, -0.05) is 32.4 Å². The summed E-state index contributed by atoms with van der Waals surface area (Å²) < 4.78 is 5.57. The molecule has 0 radical (unpaired) electrons. The molecule has 0 unspecified atom stereocenters. The number of esters is 1. The summed E-state index contributed by atoms with van der Waals surface area (Å²) in [6.45, 7) is 6.63. The van der Waals surface area contributed by atoms with E-state index >= 15 is 0 Å². The molecule has 96 valence electrons. The van der Waals surface area contributed by atoms with Gasteiger partial charge in [0.15, 0.2) is 0 Å². The lowest BCUT2D eigenvalue weighted by Gasteiger charge is -2.29. The van der Waals surface area contributed by atoms with Gasteiger partial charge in [0, 0.05) is 11.4 Å². The topological polar surface area (TPSA) is 38.3 Å². The molecule has 5 heteroatoms. The molecule has 0 aromatic carbocycles. The van der Waals surface area contributed by atoms with Crippen molar-refractivity contribution in [2.45, 2.75) is 33.4 Å². The molecule has 1 atom stereocenters. The van der Waals surface area contributed by atoms with Gasteiger partial charge < -0.3 is 4.74 Å². The minimum absolute atomic E-state index is 0.186. The second kappa shape index (κ2) is 5.85. The van der Waals surface area contributed by atoms with Crippen LogP contribution in [0.5, 0.6) is 0 Å². The van der Waals surface area contributed by atoms with Gasteiger partial charge in [0.25, 0.3) is 0 Å². The predicted octanol–water partition coefficient (Wildman–Crippen LogP) is 3.08. The predicted molar refractivity (Wildman–Crippen MR) is 71.4 cm³/mol. The number of halogens is 1. The van der Waals surface area contributed by atoms with Gasteiger partial charge in [-0.3, -0.25) is 10.1 Å². The van der Waals surface area contributed by atoms with E-state index in [1.165, 1.54) is 18.4 Å². The number of thiophene rings is 1. The molecule has 0 bridgehead atoms. The average Bonchev–Trinajstić information content (AvgIpc) is 2.62. The Balaban J connectivity index is 2.65. The van der Waals surface area contributed by atoms with Crippen LogP contribution in [0.1, 0.15) is 25.6 Å². The van der Waals surface area contributed by atoms with Crippen LogP contribution in [-0.4, -0.2) is 19.1 Å². The van der Waals surface area contributed by atoms with Crippen molar-refractivity contribution < 1.29 is 9.53 Å². The maximum atomic E-state index is 11.7. The van der Waals surface area contributed by atoms with Gasteiger partial charge in [-0.15, -0.1) is 11.3 Å². The number of carbonyl (C=O) groups excluding carboxylic acids is 1. The van der Waals surface area contributed by atoms with Crippen LogP contribution in [0.25, 0.3) is 0 Å². The van der Waals surface area contributed by atoms with Crippen molar-refractivity contribution >= 4 is 28.9 Å². The van der Waals surface area contributed by atoms with Crippen LogP contribution in [0.15, 0.2) is 12.1 Å². The third kappa shape index (κ3) is 4.30. The van der Waals surface area contributed by atoms with Crippen molar-refractivity contribution in [3.8, 4) is 0 Å². The Kier molecular flexibility index (Phi) is 4.98. The highest BCUT2D eigenvalue weighted by Gasteiger charge is 2.31. The third-order valence-electron chi connectivity index (χ3n) is 2.41. The molecule has 17 heavy (non-hydrogen) atoms. The second-order valence-corrected chi connectivity index (χ2v) is 6.71. The van der Waals surface area contributed by atoms with Gasteiger partial charge in [-0.2, -0.15) is 0 Å². The van der Waals surface area contributed by atoms with E-state index in [-0.39, 0.29) is 17.4 Å².